The number of aryl methyl sites for hydroxylation is 2. The number of halogens is 2. The van der Waals surface area contributed by atoms with E-state index in [0.717, 1.165) is 11.3 Å². The minimum Gasteiger partial charge on any atom is -0.487 e. The Balaban J connectivity index is 1.47. The monoisotopic (exact) mass is 470 g/mol. The van der Waals surface area contributed by atoms with Crippen molar-refractivity contribution in [3.05, 3.63) is 92.9 Å². The zero-order valence-electron chi connectivity index (χ0n) is 17.4. The second-order valence-electron chi connectivity index (χ2n) is 7.20. The number of hydrogen-bond donors (Lipinski definition) is 1. The van der Waals surface area contributed by atoms with Gasteiger partial charge in [-0.3, -0.25) is 9.48 Å². The molecule has 2 heterocycles. The van der Waals surface area contributed by atoms with Gasteiger partial charge in [-0.2, -0.15) is 5.10 Å². The van der Waals surface area contributed by atoms with Crippen LogP contribution in [0.25, 0.3) is 0 Å². The quantitative estimate of drug-likeness (QED) is 0.375. The molecule has 4 aromatic rings. The molecule has 4 rings (SSSR count). The number of rotatable bonds is 7. The predicted octanol–water partition coefficient (Wildman–Crippen LogP) is 5.67. The number of ether oxygens (including phenoxy) is 1. The summed E-state index contributed by atoms with van der Waals surface area (Å²) in [5.41, 5.74) is 2.57. The molecule has 0 aliphatic carbocycles. The predicted molar refractivity (Wildman–Crippen MR) is 122 cm³/mol. The van der Waals surface area contributed by atoms with Crippen molar-refractivity contribution in [2.45, 2.75) is 27.0 Å². The van der Waals surface area contributed by atoms with Gasteiger partial charge in [-0.15, -0.1) is 0 Å². The summed E-state index contributed by atoms with van der Waals surface area (Å²) in [5, 5.41) is 12.3. The number of carbonyl (C=O) groups is 1. The van der Waals surface area contributed by atoms with Crippen molar-refractivity contribution in [2.75, 3.05) is 5.32 Å². The standard InChI is InChI=1S/C23H20Cl2N4O3/c1-14-10-21(27-29(14)12-16-6-5-7-17(24)11-16)26-23(30)22-18(15(2)32-28-22)13-31-20-9-4-3-8-19(20)25/h3-11H,12-13H2,1-2H3,(H,26,27,30). The Morgan fingerprint density at radius 1 is 1.12 bits per heavy atom. The highest BCUT2D eigenvalue weighted by Crippen LogP contribution is 2.25. The molecule has 1 amide bonds. The molecule has 9 heteroatoms. The fraction of sp³-hybridized carbons (Fsp3) is 0.174. The van der Waals surface area contributed by atoms with Gasteiger partial charge in [-0.05, 0) is 43.7 Å². The highest BCUT2D eigenvalue weighted by Gasteiger charge is 2.22. The lowest BCUT2D eigenvalue weighted by atomic mass is 10.2. The molecule has 1 N–H and O–H groups in total. The molecular weight excluding hydrogens is 451 g/mol. The maximum atomic E-state index is 12.9. The largest absolute Gasteiger partial charge is 0.487 e. The van der Waals surface area contributed by atoms with Crippen LogP contribution in [0.15, 0.2) is 59.1 Å². The molecule has 0 aliphatic heterocycles. The number of benzene rings is 2. The van der Waals surface area contributed by atoms with E-state index in [9.17, 15) is 4.79 Å². The fourth-order valence-electron chi connectivity index (χ4n) is 3.17. The Kier molecular flexibility index (Phi) is 6.48. The Morgan fingerprint density at radius 3 is 2.72 bits per heavy atom. The zero-order valence-corrected chi connectivity index (χ0v) is 18.9. The Bertz CT molecular complexity index is 1270. The van der Waals surface area contributed by atoms with Gasteiger partial charge in [0.25, 0.3) is 5.91 Å². The number of nitrogens with zero attached hydrogens (tertiary/aromatic N) is 3. The van der Waals surface area contributed by atoms with Crippen LogP contribution in [-0.4, -0.2) is 20.8 Å². The lowest BCUT2D eigenvalue weighted by Crippen LogP contribution is -2.16. The Hall–Kier alpha value is -3.29. The van der Waals surface area contributed by atoms with Crippen LogP contribution >= 0.6 is 23.2 Å². The van der Waals surface area contributed by atoms with Crippen molar-refractivity contribution in [3.8, 4) is 5.75 Å². The van der Waals surface area contributed by atoms with Gasteiger partial charge in [0, 0.05) is 16.8 Å². The molecule has 0 fully saturated rings. The van der Waals surface area contributed by atoms with Gasteiger partial charge in [0.15, 0.2) is 11.5 Å². The highest BCUT2D eigenvalue weighted by molar-refractivity contribution is 6.32. The minimum absolute atomic E-state index is 0.0874. The van der Waals surface area contributed by atoms with E-state index in [-0.39, 0.29) is 12.3 Å². The maximum absolute atomic E-state index is 12.9. The van der Waals surface area contributed by atoms with Gasteiger partial charge < -0.3 is 14.6 Å². The Labute approximate surface area is 194 Å². The van der Waals surface area contributed by atoms with E-state index in [1.807, 2.05) is 43.3 Å². The molecule has 2 aromatic carbocycles. The first-order valence-corrected chi connectivity index (χ1v) is 10.6. The van der Waals surface area contributed by atoms with Crippen molar-refractivity contribution in [3.63, 3.8) is 0 Å². The molecule has 0 unspecified atom stereocenters. The second kappa shape index (κ2) is 9.46. The number of para-hydroxylation sites is 1. The zero-order chi connectivity index (χ0) is 22.7. The van der Waals surface area contributed by atoms with Crippen molar-refractivity contribution >= 4 is 34.9 Å². The molecule has 164 valence electrons. The minimum atomic E-state index is -0.438. The van der Waals surface area contributed by atoms with Crippen LogP contribution in [0.5, 0.6) is 5.75 Å². The number of anilines is 1. The smallest absolute Gasteiger partial charge is 0.279 e. The van der Waals surface area contributed by atoms with Crippen molar-refractivity contribution in [2.24, 2.45) is 0 Å². The van der Waals surface area contributed by atoms with Crippen LogP contribution in [0.2, 0.25) is 10.0 Å². The summed E-state index contributed by atoms with van der Waals surface area (Å²) in [4.78, 5) is 12.9. The molecule has 0 saturated heterocycles. The summed E-state index contributed by atoms with van der Waals surface area (Å²) in [6.45, 7) is 4.25. The molecule has 0 saturated carbocycles. The number of carbonyl (C=O) groups excluding carboxylic acids is 1. The van der Waals surface area contributed by atoms with Crippen molar-refractivity contribution in [1.29, 1.82) is 0 Å². The van der Waals surface area contributed by atoms with E-state index >= 15 is 0 Å². The van der Waals surface area contributed by atoms with Crippen LogP contribution < -0.4 is 10.1 Å². The molecule has 0 spiro atoms. The molecular formula is C23H20Cl2N4O3. The van der Waals surface area contributed by atoms with Crippen LogP contribution in [0.4, 0.5) is 5.82 Å². The number of aromatic nitrogens is 3. The van der Waals surface area contributed by atoms with Gasteiger partial charge in [0.05, 0.1) is 17.1 Å². The number of nitrogens with one attached hydrogen (secondary N) is 1. The maximum Gasteiger partial charge on any atom is 0.279 e. The van der Waals surface area contributed by atoms with Gasteiger partial charge in [-0.1, -0.05) is 52.6 Å². The van der Waals surface area contributed by atoms with E-state index in [0.29, 0.717) is 39.5 Å². The first kappa shape index (κ1) is 21.9. The molecule has 0 bridgehead atoms. The molecule has 7 nitrogen and oxygen atoms in total. The SMILES string of the molecule is Cc1onc(C(=O)Nc2cc(C)n(Cc3cccc(Cl)c3)n2)c1COc1ccccc1Cl. The summed E-state index contributed by atoms with van der Waals surface area (Å²) in [6, 6.07) is 16.4. The topological polar surface area (TPSA) is 82.2 Å². The summed E-state index contributed by atoms with van der Waals surface area (Å²) < 4.78 is 12.8. The molecule has 0 radical (unpaired) electrons. The third-order valence-corrected chi connectivity index (χ3v) is 5.40. The normalized spacial score (nSPS) is 10.9. The lowest BCUT2D eigenvalue weighted by Gasteiger charge is -2.08. The second-order valence-corrected chi connectivity index (χ2v) is 8.04. The van der Waals surface area contributed by atoms with E-state index in [1.54, 1.807) is 29.8 Å². The van der Waals surface area contributed by atoms with E-state index in [2.05, 4.69) is 15.6 Å². The van der Waals surface area contributed by atoms with Gasteiger partial charge >= 0.3 is 0 Å². The molecule has 32 heavy (non-hydrogen) atoms. The van der Waals surface area contributed by atoms with Crippen LogP contribution in [-0.2, 0) is 13.2 Å². The summed E-state index contributed by atoms with van der Waals surface area (Å²) in [5.74, 6) is 0.974. The van der Waals surface area contributed by atoms with Gasteiger partial charge in [0.2, 0.25) is 0 Å². The van der Waals surface area contributed by atoms with E-state index in [1.165, 1.54) is 0 Å². The Morgan fingerprint density at radius 2 is 1.94 bits per heavy atom. The summed E-state index contributed by atoms with van der Waals surface area (Å²) >= 11 is 12.2. The van der Waals surface area contributed by atoms with E-state index < -0.39 is 5.91 Å². The van der Waals surface area contributed by atoms with E-state index in [4.69, 9.17) is 32.5 Å². The van der Waals surface area contributed by atoms with Crippen molar-refractivity contribution in [1.82, 2.24) is 14.9 Å². The third-order valence-electron chi connectivity index (χ3n) is 4.85. The fourth-order valence-corrected chi connectivity index (χ4v) is 3.57. The van der Waals surface area contributed by atoms with Crippen LogP contribution in [0.3, 0.4) is 0 Å². The van der Waals surface area contributed by atoms with Crippen molar-refractivity contribution < 1.29 is 14.1 Å². The highest BCUT2D eigenvalue weighted by atomic mass is 35.5. The molecule has 2 aromatic heterocycles. The van der Waals surface area contributed by atoms with Crippen LogP contribution in [0, 0.1) is 13.8 Å². The first-order chi connectivity index (χ1) is 15.4. The molecule has 0 atom stereocenters. The average Bonchev–Trinajstić information content (AvgIpc) is 3.29. The molecule has 0 aliphatic rings. The summed E-state index contributed by atoms with van der Waals surface area (Å²) in [7, 11) is 0. The van der Waals surface area contributed by atoms with Crippen LogP contribution in [0.1, 0.15) is 33.1 Å². The first-order valence-electron chi connectivity index (χ1n) is 9.83. The number of hydrogen-bond acceptors (Lipinski definition) is 5. The van der Waals surface area contributed by atoms with Gasteiger partial charge in [0.1, 0.15) is 18.1 Å². The third kappa shape index (κ3) is 4.95. The van der Waals surface area contributed by atoms with Gasteiger partial charge in [-0.25, -0.2) is 0 Å². The number of amides is 1. The lowest BCUT2D eigenvalue weighted by molar-refractivity contribution is 0.101. The summed E-state index contributed by atoms with van der Waals surface area (Å²) in [6.07, 6.45) is 0. The average molecular weight is 471 g/mol.